The first-order valence-electron chi connectivity index (χ1n) is 10.3. The predicted molar refractivity (Wildman–Crippen MR) is 117 cm³/mol. The van der Waals surface area contributed by atoms with Crippen molar-refractivity contribution in [3.63, 3.8) is 0 Å². The summed E-state index contributed by atoms with van der Waals surface area (Å²) in [5, 5.41) is 0.819. The van der Waals surface area contributed by atoms with Gasteiger partial charge in [-0.2, -0.15) is 0 Å². The number of anilines is 1. The molecule has 1 atom stereocenters. The summed E-state index contributed by atoms with van der Waals surface area (Å²) in [5.41, 5.74) is 2.40. The number of aromatic amines is 1. The molecule has 0 fully saturated rings. The van der Waals surface area contributed by atoms with Crippen LogP contribution in [0, 0.1) is 0 Å². The Balaban J connectivity index is 1.31. The summed E-state index contributed by atoms with van der Waals surface area (Å²) < 4.78 is 6.23. The summed E-state index contributed by atoms with van der Waals surface area (Å²) in [5.74, 6) is 1.67. The van der Waals surface area contributed by atoms with E-state index in [1.54, 1.807) is 11.3 Å². The molecule has 0 radical (unpaired) electrons. The Bertz CT molecular complexity index is 1110. The van der Waals surface area contributed by atoms with Crippen LogP contribution in [0.25, 0.3) is 10.2 Å². The molecule has 7 heteroatoms. The number of aryl methyl sites for hydroxylation is 2. The molecule has 1 aliphatic heterocycles. The zero-order valence-corrected chi connectivity index (χ0v) is 17.7. The molecular weight excluding hydrogens is 384 g/mol. The van der Waals surface area contributed by atoms with Crippen LogP contribution in [-0.2, 0) is 19.4 Å². The summed E-state index contributed by atoms with van der Waals surface area (Å²) in [4.78, 5) is 27.2. The number of rotatable bonds is 5. The van der Waals surface area contributed by atoms with E-state index < -0.39 is 0 Å². The lowest BCUT2D eigenvalue weighted by molar-refractivity contribution is 0.138. The largest absolute Gasteiger partial charge is 0.485 e. The molecule has 152 valence electrons. The number of benzene rings is 1. The number of hydrogen-bond donors (Lipinski definition) is 1. The molecule has 3 heterocycles. The van der Waals surface area contributed by atoms with E-state index in [2.05, 4.69) is 40.9 Å². The van der Waals surface area contributed by atoms with Gasteiger partial charge in [0.1, 0.15) is 22.5 Å². The molecule has 0 bridgehead atoms. The first kappa shape index (κ1) is 18.6. The topological polar surface area (TPSA) is 61.5 Å². The third-order valence-electron chi connectivity index (χ3n) is 5.86. The van der Waals surface area contributed by atoms with Gasteiger partial charge in [0.05, 0.1) is 24.2 Å². The number of H-pyrrole nitrogens is 1. The van der Waals surface area contributed by atoms with Crippen LogP contribution in [0.15, 0.2) is 29.1 Å². The highest BCUT2D eigenvalue weighted by molar-refractivity contribution is 7.18. The summed E-state index contributed by atoms with van der Waals surface area (Å²) in [6, 6.07) is 8.21. The second-order valence-corrected chi connectivity index (χ2v) is 9.08. The van der Waals surface area contributed by atoms with Crippen molar-refractivity contribution in [2.24, 2.45) is 0 Å². The molecule has 3 aromatic rings. The van der Waals surface area contributed by atoms with Crippen LogP contribution in [0.2, 0.25) is 0 Å². The first-order chi connectivity index (χ1) is 14.1. The van der Waals surface area contributed by atoms with E-state index in [-0.39, 0.29) is 11.7 Å². The molecule has 1 aromatic carbocycles. The van der Waals surface area contributed by atoms with Gasteiger partial charge in [-0.05, 0) is 50.9 Å². The molecule has 1 aliphatic carbocycles. The number of nitrogens with zero attached hydrogens (tertiary/aromatic N) is 3. The van der Waals surface area contributed by atoms with E-state index in [0.29, 0.717) is 6.54 Å². The molecule has 0 saturated heterocycles. The number of ether oxygens (including phenoxy) is 1. The van der Waals surface area contributed by atoms with Crippen LogP contribution in [0.1, 0.15) is 29.6 Å². The van der Waals surface area contributed by atoms with Crippen LogP contribution in [0.3, 0.4) is 0 Å². The van der Waals surface area contributed by atoms with Crippen molar-refractivity contribution in [1.82, 2.24) is 14.9 Å². The molecule has 0 saturated carbocycles. The third-order valence-corrected chi connectivity index (χ3v) is 7.05. The highest BCUT2D eigenvalue weighted by atomic mass is 32.1. The lowest BCUT2D eigenvalue weighted by atomic mass is 10.2. The Morgan fingerprint density at radius 2 is 2.21 bits per heavy atom. The normalized spacial score (nSPS) is 18.2. The fourth-order valence-electron chi connectivity index (χ4n) is 4.56. The standard InChI is InChI=1S/C22H26N4O2S/c1-3-26-12-14(28-17-9-5-4-8-16(17)26)11-25(2)13-19-23-21(27)20-15-7-6-10-18(15)29-22(20)24-19/h4-5,8-9,14H,3,6-7,10-13H2,1-2H3,(H,23,24,27)/t14-/m1/s1. The van der Waals surface area contributed by atoms with Gasteiger partial charge in [-0.3, -0.25) is 9.69 Å². The fraction of sp³-hybridized carbons (Fsp3) is 0.455. The average molecular weight is 411 g/mol. The smallest absolute Gasteiger partial charge is 0.259 e. The fourth-order valence-corrected chi connectivity index (χ4v) is 5.84. The Hall–Kier alpha value is -2.38. The molecule has 5 rings (SSSR count). The third kappa shape index (κ3) is 3.42. The Morgan fingerprint density at radius 1 is 1.34 bits per heavy atom. The summed E-state index contributed by atoms with van der Waals surface area (Å²) in [6.45, 7) is 5.35. The maximum atomic E-state index is 12.7. The first-order valence-corrected chi connectivity index (χ1v) is 11.2. The quantitative estimate of drug-likeness (QED) is 0.700. The van der Waals surface area contributed by atoms with Crippen molar-refractivity contribution in [3.05, 3.63) is 50.9 Å². The summed E-state index contributed by atoms with van der Waals surface area (Å²) in [7, 11) is 2.05. The van der Waals surface area contributed by atoms with Crippen LogP contribution in [0.4, 0.5) is 5.69 Å². The number of nitrogens with one attached hydrogen (secondary N) is 1. The average Bonchev–Trinajstić information content (AvgIpc) is 3.28. The zero-order chi connectivity index (χ0) is 20.0. The number of fused-ring (bicyclic) bond motifs is 4. The molecule has 2 aliphatic rings. The maximum absolute atomic E-state index is 12.7. The van der Waals surface area contributed by atoms with Gasteiger partial charge in [-0.25, -0.2) is 4.98 Å². The SMILES string of the molecule is CCN1C[C@@H](CN(C)Cc2nc3sc4c(c3c(=O)[nH]2)CCC4)Oc2ccccc21. The van der Waals surface area contributed by atoms with Crippen molar-refractivity contribution in [1.29, 1.82) is 0 Å². The minimum absolute atomic E-state index is 0.0119. The number of para-hydroxylation sites is 2. The number of hydrogen-bond acceptors (Lipinski definition) is 6. The molecule has 1 N–H and O–H groups in total. The van der Waals surface area contributed by atoms with Gasteiger partial charge in [0.15, 0.2) is 0 Å². The molecule has 0 amide bonds. The van der Waals surface area contributed by atoms with Crippen LogP contribution >= 0.6 is 11.3 Å². The van der Waals surface area contributed by atoms with Crippen LogP contribution < -0.4 is 15.2 Å². The zero-order valence-electron chi connectivity index (χ0n) is 16.9. The second-order valence-electron chi connectivity index (χ2n) is 7.99. The molecule has 0 unspecified atom stereocenters. The van der Waals surface area contributed by atoms with E-state index >= 15 is 0 Å². The van der Waals surface area contributed by atoms with Crippen molar-refractivity contribution in [3.8, 4) is 5.75 Å². The van der Waals surface area contributed by atoms with E-state index in [9.17, 15) is 4.79 Å². The Morgan fingerprint density at radius 3 is 3.07 bits per heavy atom. The molecule has 0 spiro atoms. The van der Waals surface area contributed by atoms with Gasteiger partial charge in [0.2, 0.25) is 0 Å². The number of thiophene rings is 1. The highest BCUT2D eigenvalue weighted by Crippen LogP contribution is 2.35. The van der Waals surface area contributed by atoms with Gasteiger partial charge < -0.3 is 14.6 Å². The second kappa shape index (κ2) is 7.46. The molecular formula is C22H26N4O2S. The summed E-state index contributed by atoms with van der Waals surface area (Å²) >= 11 is 1.69. The van der Waals surface area contributed by atoms with Gasteiger partial charge in [-0.15, -0.1) is 11.3 Å². The van der Waals surface area contributed by atoms with Crippen LogP contribution in [-0.4, -0.2) is 47.7 Å². The monoisotopic (exact) mass is 410 g/mol. The van der Waals surface area contributed by atoms with Crippen molar-refractivity contribution in [2.75, 3.05) is 31.6 Å². The van der Waals surface area contributed by atoms with Gasteiger partial charge >= 0.3 is 0 Å². The lowest BCUT2D eigenvalue weighted by Crippen LogP contribution is -2.45. The van der Waals surface area contributed by atoms with Crippen LogP contribution in [0.5, 0.6) is 5.75 Å². The van der Waals surface area contributed by atoms with Gasteiger partial charge in [0.25, 0.3) is 5.56 Å². The highest BCUT2D eigenvalue weighted by Gasteiger charge is 2.26. The van der Waals surface area contributed by atoms with E-state index in [0.717, 1.165) is 66.4 Å². The lowest BCUT2D eigenvalue weighted by Gasteiger charge is -2.37. The minimum atomic E-state index is 0.0119. The van der Waals surface area contributed by atoms with Crippen molar-refractivity contribution < 1.29 is 4.74 Å². The van der Waals surface area contributed by atoms with Gasteiger partial charge in [-0.1, -0.05) is 12.1 Å². The molecule has 29 heavy (non-hydrogen) atoms. The number of aromatic nitrogens is 2. The molecule has 6 nitrogen and oxygen atoms in total. The maximum Gasteiger partial charge on any atom is 0.259 e. The van der Waals surface area contributed by atoms with Crippen molar-refractivity contribution in [2.45, 2.75) is 38.8 Å². The molecule has 2 aromatic heterocycles. The Labute approximate surface area is 174 Å². The predicted octanol–water partition coefficient (Wildman–Crippen LogP) is 3.19. The van der Waals surface area contributed by atoms with Crippen molar-refractivity contribution >= 4 is 27.2 Å². The number of likely N-dealkylation sites (N-methyl/N-ethyl adjacent to an activating group) is 2. The summed E-state index contributed by atoms with van der Waals surface area (Å²) in [6.07, 6.45) is 3.32. The minimum Gasteiger partial charge on any atom is -0.485 e. The van der Waals surface area contributed by atoms with E-state index in [1.165, 1.54) is 10.4 Å². The van der Waals surface area contributed by atoms with E-state index in [4.69, 9.17) is 9.72 Å². The Kier molecular flexibility index (Phi) is 4.80. The van der Waals surface area contributed by atoms with E-state index in [1.807, 2.05) is 12.1 Å². The van der Waals surface area contributed by atoms with Gasteiger partial charge in [0, 0.05) is 18.0 Å².